The van der Waals surface area contributed by atoms with Crippen LogP contribution >= 0.6 is 0 Å². The molecule has 0 bridgehead atoms. The minimum Gasteiger partial charge on any atom is -0.508 e. The van der Waals surface area contributed by atoms with Crippen LogP contribution in [0.3, 0.4) is 0 Å². The van der Waals surface area contributed by atoms with E-state index in [1.54, 1.807) is 23.6 Å². The van der Waals surface area contributed by atoms with Gasteiger partial charge in [-0.2, -0.15) is 0 Å². The average Bonchev–Trinajstić information content (AvgIpc) is 3.10. The summed E-state index contributed by atoms with van der Waals surface area (Å²) in [6.07, 6.45) is 0.847. The Balaban J connectivity index is 1.77. The number of hydrogen-bond donors (Lipinski definition) is 2. The van der Waals surface area contributed by atoms with Crippen LogP contribution in [0.15, 0.2) is 29.1 Å². The second-order valence-electron chi connectivity index (χ2n) is 7.60. The molecule has 0 radical (unpaired) electrons. The maximum absolute atomic E-state index is 13.1. The number of phenolic OH excluding ortho intramolecular Hbond substituents is 1. The van der Waals surface area contributed by atoms with Gasteiger partial charge in [0.25, 0.3) is 5.56 Å². The topological polar surface area (TPSA) is 119 Å². The number of aldehydes is 1. The first-order valence-electron chi connectivity index (χ1n) is 9.64. The number of fused-ring (bicyclic) bond motifs is 5. The summed E-state index contributed by atoms with van der Waals surface area (Å²) in [5, 5.41) is 21.7. The molecule has 3 aromatic rings. The zero-order chi connectivity index (χ0) is 21.2. The maximum atomic E-state index is 13.1. The molecule has 0 saturated heterocycles. The fourth-order valence-electron chi connectivity index (χ4n) is 4.40. The van der Waals surface area contributed by atoms with Crippen LogP contribution < -0.4 is 5.56 Å². The molecule has 0 fully saturated rings. The minimum absolute atomic E-state index is 0.0168. The molecule has 152 valence electrons. The number of aromatic nitrogens is 2. The molecule has 5 rings (SSSR count). The van der Waals surface area contributed by atoms with Crippen LogP contribution in [0.25, 0.3) is 22.3 Å². The average molecular weight is 406 g/mol. The first-order chi connectivity index (χ1) is 14.4. The van der Waals surface area contributed by atoms with Crippen LogP contribution in [-0.2, 0) is 39.5 Å². The van der Waals surface area contributed by atoms with Gasteiger partial charge in [-0.1, -0.05) is 6.92 Å². The molecule has 2 aromatic heterocycles. The lowest BCUT2D eigenvalue weighted by atomic mass is 9.86. The number of aliphatic hydroxyl groups is 1. The van der Waals surface area contributed by atoms with Crippen LogP contribution in [0.4, 0.5) is 0 Å². The Kier molecular flexibility index (Phi) is 3.85. The summed E-state index contributed by atoms with van der Waals surface area (Å²) in [5.41, 5.74) is 1.23. The van der Waals surface area contributed by atoms with Gasteiger partial charge in [0, 0.05) is 28.5 Å². The van der Waals surface area contributed by atoms with Gasteiger partial charge in [0.1, 0.15) is 18.6 Å². The fraction of sp³-hybridized carbons (Fsp3) is 0.273. The third-order valence-electron chi connectivity index (χ3n) is 6.07. The minimum atomic E-state index is -1.87. The molecule has 4 heterocycles. The van der Waals surface area contributed by atoms with E-state index in [-0.39, 0.29) is 48.4 Å². The lowest BCUT2D eigenvalue weighted by Gasteiger charge is -2.31. The predicted octanol–water partition coefficient (Wildman–Crippen LogP) is 1.53. The van der Waals surface area contributed by atoms with Crippen molar-refractivity contribution in [3.63, 3.8) is 0 Å². The summed E-state index contributed by atoms with van der Waals surface area (Å²) >= 11 is 0. The number of carbonyl (C=O) groups is 2. The zero-order valence-corrected chi connectivity index (χ0v) is 16.1. The highest BCUT2D eigenvalue weighted by Gasteiger charge is 2.45. The molecule has 0 saturated carbocycles. The van der Waals surface area contributed by atoms with E-state index in [4.69, 9.17) is 4.74 Å². The Labute approximate surface area is 170 Å². The van der Waals surface area contributed by atoms with Crippen LogP contribution in [0.5, 0.6) is 5.75 Å². The van der Waals surface area contributed by atoms with Crippen LogP contribution in [0.2, 0.25) is 0 Å². The Hall–Kier alpha value is -3.52. The van der Waals surface area contributed by atoms with Gasteiger partial charge < -0.3 is 24.3 Å². The van der Waals surface area contributed by atoms with Crippen molar-refractivity contribution in [2.75, 3.05) is 0 Å². The number of esters is 1. The van der Waals surface area contributed by atoms with Crippen molar-refractivity contribution in [1.82, 2.24) is 9.55 Å². The van der Waals surface area contributed by atoms with Crippen molar-refractivity contribution in [3.05, 3.63) is 56.9 Å². The highest BCUT2D eigenvalue weighted by atomic mass is 16.6. The number of aromatic hydroxyl groups is 1. The van der Waals surface area contributed by atoms with E-state index in [0.717, 1.165) is 11.8 Å². The first kappa shape index (κ1) is 18.5. The van der Waals surface area contributed by atoms with Crippen molar-refractivity contribution < 1.29 is 24.5 Å². The van der Waals surface area contributed by atoms with Crippen molar-refractivity contribution in [3.8, 4) is 17.1 Å². The van der Waals surface area contributed by atoms with E-state index < -0.39 is 11.6 Å². The molecule has 0 unspecified atom stereocenters. The Bertz CT molecular complexity index is 1330. The van der Waals surface area contributed by atoms with E-state index in [1.165, 1.54) is 6.07 Å². The van der Waals surface area contributed by atoms with Crippen molar-refractivity contribution in [2.45, 2.75) is 38.5 Å². The summed E-state index contributed by atoms with van der Waals surface area (Å²) in [5.74, 6) is -0.747. The Morgan fingerprint density at radius 1 is 1.30 bits per heavy atom. The normalized spacial score (nSPS) is 19.2. The monoisotopic (exact) mass is 406 g/mol. The van der Waals surface area contributed by atoms with Crippen LogP contribution in [0, 0.1) is 0 Å². The molecule has 2 aliphatic heterocycles. The summed E-state index contributed by atoms with van der Waals surface area (Å²) in [4.78, 5) is 41.1. The molecule has 1 atom stereocenters. The van der Waals surface area contributed by atoms with E-state index in [9.17, 15) is 24.6 Å². The number of carbonyl (C=O) groups excluding carboxylic acids is 2. The number of benzene rings is 1. The number of pyridine rings is 2. The van der Waals surface area contributed by atoms with Gasteiger partial charge in [-0.25, -0.2) is 9.78 Å². The second-order valence-corrected chi connectivity index (χ2v) is 7.60. The van der Waals surface area contributed by atoms with Gasteiger partial charge in [0.2, 0.25) is 0 Å². The van der Waals surface area contributed by atoms with Gasteiger partial charge in [-0.15, -0.1) is 0 Å². The van der Waals surface area contributed by atoms with Gasteiger partial charge >= 0.3 is 5.97 Å². The Morgan fingerprint density at radius 3 is 2.83 bits per heavy atom. The lowest BCUT2D eigenvalue weighted by molar-refractivity contribution is -0.172. The molecule has 30 heavy (non-hydrogen) atoms. The van der Waals surface area contributed by atoms with E-state index >= 15 is 0 Å². The van der Waals surface area contributed by atoms with Crippen molar-refractivity contribution in [2.24, 2.45) is 0 Å². The summed E-state index contributed by atoms with van der Waals surface area (Å²) in [6, 6.07) is 6.62. The third-order valence-corrected chi connectivity index (χ3v) is 6.07. The van der Waals surface area contributed by atoms with Crippen LogP contribution in [0.1, 0.15) is 35.6 Å². The molecule has 8 nitrogen and oxygen atoms in total. The molecule has 0 amide bonds. The van der Waals surface area contributed by atoms with Gasteiger partial charge in [0.05, 0.1) is 29.0 Å². The summed E-state index contributed by atoms with van der Waals surface area (Å²) < 4.78 is 6.61. The molecule has 8 heteroatoms. The number of nitrogens with zero attached hydrogens (tertiary/aromatic N) is 2. The SMILES string of the molecule is CC[C@@]1(O)C(=O)OCc2c1cc1n(c2=O)Cc2cc3c(CC=O)c(O)ccc3nc2-1. The molecule has 0 aliphatic carbocycles. The second kappa shape index (κ2) is 6.24. The predicted molar refractivity (Wildman–Crippen MR) is 106 cm³/mol. The number of phenols is 1. The standard InChI is InChI=1S/C22H18N2O6/c1-2-22(29)15-8-17-19-11(9-24(17)20(27)14(15)10-30-21(22)28)7-13-12(5-6-25)18(26)4-3-16(13)23-19/h3-4,6-8,26,29H,2,5,9-10H2,1H3/t22-/m0/s1. The number of hydrogen-bond acceptors (Lipinski definition) is 7. The van der Waals surface area contributed by atoms with E-state index in [2.05, 4.69) is 4.98 Å². The largest absolute Gasteiger partial charge is 0.508 e. The quantitative estimate of drug-likeness (QED) is 0.391. The molecule has 1 aromatic carbocycles. The number of rotatable bonds is 3. The molecule has 2 aliphatic rings. The van der Waals surface area contributed by atoms with Crippen LogP contribution in [-0.4, -0.2) is 32.0 Å². The zero-order valence-electron chi connectivity index (χ0n) is 16.1. The van der Waals surface area contributed by atoms with Crippen molar-refractivity contribution >= 4 is 23.2 Å². The lowest BCUT2D eigenvalue weighted by Crippen LogP contribution is -2.44. The molecule has 2 N–H and O–H groups in total. The summed E-state index contributed by atoms with van der Waals surface area (Å²) in [7, 11) is 0. The van der Waals surface area contributed by atoms with E-state index in [1.807, 2.05) is 6.07 Å². The van der Waals surface area contributed by atoms with Crippen molar-refractivity contribution in [1.29, 1.82) is 0 Å². The van der Waals surface area contributed by atoms with E-state index in [0.29, 0.717) is 27.9 Å². The summed E-state index contributed by atoms with van der Waals surface area (Å²) in [6.45, 7) is 1.73. The number of cyclic esters (lactones) is 1. The van der Waals surface area contributed by atoms with Gasteiger partial charge in [-0.3, -0.25) is 4.79 Å². The maximum Gasteiger partial charge on any atom is 0.343 e. The highest BCUT2D eigenvalue weighted by Crippen LogP contribution is 2.39. The molecular formula is C22H18N2O6. The fourth-order valence-corrected chi connectivity index (χ4v) is 4.40. The molecule has 0 spiro atoms. The first-order valence-corrected chi connectivity index (χ1v) is 9.64. The smallest absolute Gasteiger partial charge is 0.343 e. The molecular weight excluding hydrogens is 388 g/mol. The highest BCUT2D eigenvalue weighted by molar-refractivity contribution is 5.90. The third kappa shape index (κ3) is 2.31. The van der Waals surface area contributed by atoms with Gasteiger partial charge in [0.15, 0.2) is 5.60 Å². The Morgan fingerprint density at radius 2 is 2.10 bits per heavy atom. The van der Waals surface area contributed by atoms with Gasteiger partial charge in [-0.05, 0) is 30.7 Å². The number of ether oxygens (including phenoxy) is 1.